The highest BCUT2D eigenvalue weighted by Gasteiger charge is 2.19. The second kappa shape index (κ2) is 4.28. The molecular weight excluding hydrogens is 198 g/mol. The van der Waals surface area contributed by atoms with Gasteiger partial charge in [0.25, 0.3) is 0 Å². The summed E-state index contributed by atoms with van der Waals surface area (Å²) in [5.74, 6) is 0.150. The Labute approximate surface area is 97.3 Å². The van der Waals surface area contributed by atoms with Gasteiger partial charge >= 0.3 is 0 Å². The van der Waals surface area contributed by atoms with Crippen molar-refractivity contribution < 1.29 is 4.79 Å². The van der Waals surface area contributed by atoms with E-state index in [2.05, 4.69) is 30.9 Å². The monoisotopic (exact) mass is 217 g/mol. The third-order valence-corrected chi connectivity index (χ3v) is 3.27. The molecule has 2 nitrogen and oxygen atoms in total. The summed E-state index contributed by atoms with van der Waals surface area (Å²) in [5.41, 5.74) is 3.46. The lowest BCUT2D eigenvalue weighted by molar-refractivity contribution is 0.101. The number of carbonyl (C=O) groups excluding carboxylic acids is 1. The molecule has 0 N–H and O–H groups in total. The maximum absolute atomic E-state index is 11.4. The van der Waals surface area contributed by atoms with E-state index in [0.717, 1.165) is 18.5 Å². The smallest absolute Gasteiger partial charge is 0.159 e. The minimum Gasteiger partial charge on any atom is -0.369 e. The number of benzene rings is 1. The molecule has 0 aromatic heterocycles. The molecule has 1 aromatic carbocycles. The Bertz CT molecular complexity index is 409. The van der Waals surface area contributed by atoms with Gasteiger partial charge in [-0.3, -0.25) is 4.79 Å². The van der Waals surface area contributed by atoms with Crippen molar-refractivity contribution >= 4 is 11.5 Å². The Morgan fingerprint density at radius 1 is 1.38 bits per heavy atom. The van der Waals surface area contributed by atoms with Gasteiger partial charge in [0, 0.05) is 23.8 Å². The molecule has 1 heterocycles. The van der Waals surface area contributed by atoms with E-state index in [-0.39, 0.29) is 5.78 Å². The zero-order valence-electron chi connectivity index (χ0n) is 10.3. The summed E-state index contributed by atoms with van der Waals surface area (Å²) >= 11 is 0. The quantitative estimate of drug-likeness (QED) is 0.710. The van der Waals surface area contributed by atoms with E-state index in [0.29, 0.717) is 6.04 Å². The molecule has 0 aliphatic carbocycles. The fourth-order valence-electron chi connectivity index (χ4n) is 2.36. The van der Waals surface area contributed by atoms with E-state index < -0.39 is 0 Å². The predicted molar refractivity (Wildman–Crippen MR) is 67.2 cm³/mol. The number of hydrogen-bond donors (Lipinski definition) is 0. The van der Waals surface area contributed by atoms with Gasteiger partial charge in [-0.05, 0) is 45.2 Å². The first-order chi connectivity index (χ1) is 7.59. The average Bonchev–Trinajstić information content (AvgIpc) is 2.27. The minimum atomic E-state index is 0.150. The average molecular weight is 217 g/mol. The Morgan fingerprint density at radius 2 is 2.12 bits per heavy atom. The summed E-state index contributed by atoms with van der Waals surface area (Å²) in [5, 5.41) is 0. The van der Waals surface area contributed by atoms with E-state index in [1.54, 1.807) is 6.92 Å². The van der Waals surface area contributed by atoms with Crippen LogP contribution < -0.4 is 4.90 Å². The molecule has 0 radical (unpaired) electrons. The van der Waals surface area contributed by atoms with Crippen molar-refractivity contribution in [2.75, 3.05) is 11.4 Å². The van der Waals surface area contributed by atoms with Crippen LogP contribution in [0.2, 0.25) is 0 Å². The number of carbonyl (C=O) groups is 1. The van der Waals surface area contributed by atoms with E-state index in [4.69, 9.17) is 0 Å². The molecule has 0 saturated carbocycles. The van der Waals surface area contributed by atoms with Gasteiger partial charge in [-0.15, -0.1) is 0 Å². The Balaban J connectivity index is 2.44. The van der Waals surface area contributed by atoms with Crippen LogP contribution in [-0.4, -0.2) is 18.4 Å². The molecule has 0 bridgehead atoms. The second-order valence-electron chi connectivity index (χ2n) is 4.79. The van der Waals surface area contributed by atoms with Crippen LogP contribution in [0.3, 0.4) is 0 Å². The number of anilines is 1. The summed E-state index contributed by atoms with van der Waals surface area (Å²) in [6.07, 6.45) is 2.35. The van der Waals surface area contributed by atoms with E-state index in [9.17, 15) is 4.79 Å². The Kier molecular flexibility index (Phi) is 2.99. The summed E-state index contributed by atoms with van der Waals surface area (Å²) in [7, 11) is 0. The highest BCUT2D eigenvalue weighted by atomic mass is 16.1. The fourth-order valence-corrected chi connectivity index (χ4v) is 2.36. The lowest BCUT2D eigenvalue weighted by Gasteiger charge is -2.35. The largest absolute Gasteiger partial charge is 0.369 e. The van der Waals surface area contributed by atoms with Crippen molar-refractivity contribution in [3.63, 3.8) is 0 Å². The first-order valence-corrected chi connectivity index (χ1v) is 6.00. The standard InChI is InChI=1S/C14H19NO/c1-10(2)15-8-4-5-12-6-7-13(11(3)16)9-14(12)15/h6-7,9-10H,4-5,8H2,1-3H3. The van der Waals surface area contributed by atoms with Crippen LogP contribution in [0.4, 0.5) is 5.69 Å². The van der Waals surface area contributed by atoms with Crippen LogP contribution in [0, 0.1) is 0 Å². The minimum absolute atomic E-state index is 0.150. The van der Waals surface area contributed by atoms with Gasteiger partial charge in [0.2, 0.25) is 0 Å². The zero-order valence-corrected chi connectivity index (χ0v) is 10.3. The van der Waals surface area contributed by atoms with Crippen LogP contribution in [0.5, 0.6) is 0 Å². The molecule has 1 aliphatic heterocycles. The normalized spacial score (nSPS) is 15.1. The number of Topliss-reactive ketones (excluding diaryl/α,β-unsaturated/α-hetero) is 1. The van der Waals surface area contributed by atoms with Crippen molar-refractivity contribution in [3.05, 3.63) is 29.3 Å². The maximum atomic E-state index is 11.4. The van der Waals surface area contributed by atoms with Crippen molar-refractivity contribution in [1.82, 2.24) is 0 Å². The molecule has 0 amide bonds. The van der Waals surface area contributed by atoms with E-state index in [1.807, 2.05) is 6.07 Å². The highest BCUT2D eigenvalue weighted by molar-refractivity contribution is 5.95. The fraction of sp³-hybridized carbons (Fsp3) is 0.500. The summed E-state index contributed by atoms with van der Waals surface area (Å²) in [6, 6.07) is 6.61. The number of rotatable bonds is 2. The van der Waals surface area contributed by atoms with Crippen molar-refractivity contribution in [1.29, 1.82) is 0 Å². The van der Waals surface area contributed by atoms with E-state index in [1.165, 1.54) is 17.7 Å². The molecule has 0 unspecified atom stereocenters. The molecule has 0 atom stereocenters. The van der Waals surface area contributed by atoms with E-state index >= 15 is 0 Å². The Hall–Kier alpha value is -1.31. The number of nitrogens with zero attached hydrogens (tertiary/aromatic N) is 1. The van der Waals surface area contributed by atoms with Gasteiger partial charge in [-0.1, -0.05) is 12.1 Å². The van der Waals surface area contributed by atoms with Gasteiger partial charge in [-0.25, -0.2) is 0 Å². The zero-order chi connectivity index (χ0) is 11.7. The van der Waals surface area contributed by atoms with Gasteiger partial charge < -0.3 is 4.90 Å². The lowest BCUT2D eigenvalue weighted by Crippen LogP contribution is -2.35. The molecule has 16 heavy (non-hydrogen) atoms. The summed E-state index contributed by atoms with van der Waals surface area (Å²) < 4.78 is 0. The molecule has 0 fully saturated rings. The highest BCUT2D eigenvalue weighted by Crippen LogP contribution is 2.29. The predicted octanol–water partition coefficient (Wildman–Crippen LogP) is 3.05. The van der Waals surface area contributed by atoms with Gasteiger partial charge in [-0.2, -0.15) is 0 Å². The summed E-state index contributed by atoms with van der Waals surface area (Å²) in [6.45, 7) is 7.14. The van der Waals surface area contributed by atoms with Crippen molar-refractivity contribution in [2.24, 2.45) is 0 Å². The van der Waals surface area contributed by atoms with Crippen LogP contribution >= 0.6 is 0 Å². The summed E-state index contributed by atoms with van der Waals surface area (Å²) in [4.78, 5) is 13.8. The lowest BCUT2D eigenvalue weighted by atomic mass is 9.97. The first kappa shape index (κ1) is 11.2. The molecule has 0 spiro atoms. The van der Waals surface area contributed by atoms with Crippen molar-refractivity contribution in [3.8, 4) is 0 Å². The van der Waals surface area contributed by atoms with Crippen LogP contribution in [0.25, 0.3) is 0 Å². The molecule has 2 rings (SSSR count). The van der Waals surface area contributed by atoms with Crippen LogP contribution in [0.15, 0.2) is 18.2 Å². The second-order valence-corrected chi connectivity index (χ2v) is 4.79. The molecule has 0 saturated heterocycles. The maximum Gasteiger partial charge on any atom is 0.159 e. The first-order valence-electron chi connectivity index (χ1n) is 6.00. The SMILES string of the molecule is CC(=O)c1ccc2c(c1)N(C(C)C)CCC2. The number of fused-ring (bicyclic) bond motifs is 1. The number of aryl methyl sites for hydroxylation is 1. The topological polar surface area (TPSA) is 20.3 Å². The molecule has 1 aliphatic rings. The third-order valence-electron chi connectivity index (χ3n) is 3.27. The molecule has 2 heteroatoms. The number of ketones is 1. The number of hydrogen-bond acceptors (Lipinski definition) is 2. The Morgan fingerprint density at radius 3 is 2.75 bits per heavy atom. The molecular formula is C14H19NO. The van der Waals surface area contributed by atoms with Crippen LogP contribution in [-0.2, 0) is 6.42 Å². The third kappa shape index (κ3) is 1.97. The molecule has 86 valence electrons. The van der Waals surface area contributed by atoms with Gasteiger partial charge in [0.05, 0.1) is 0 Å². The van der Waals surface area contributed by atoms with Crippen molar-refractivity contribution in [2.45, 2.75) is 39.7 Å². The van der Waals surface area contributed by atoms with Gasteiger partial charge in [0.15, 0.2) is 5.78 Å². The van der Waals surface area contributed by atoms with Crippen LogP contribution in [0.1, 0.15) is 43.1 Å². The van der Waals surface area contributed by atoms with Gasteiger partial charge in [0.1, 0.15) is 0 Å². The molecule has 1 aromatic rings.